The minimum Gasteiger partial charge on any atom is -0.490 e. The molecule has 0 saturated heterocycles. The van der Waals surface area contributed by atoms with Crippen LogP contribution in [-0.2, 0) is 0 Å². The van der Waals surface area contributed by atoms with Gasteiger partial charge in [0.15, 0.2) is 11.6 Å². The molecule has 0 aliphatic carbocycles. The van der Waals surface area contributed by atoms with E-state index in [1.807, 2.05) is 7.05 Å². The Morgan fingerprint density at radius 2 is 1.88 bits per heavy atom. The van der Waals surface area contributed by atoms with E-state index in [4.69, 9.17) is 4.74 Å². The predicted octanol–water partition coefficient (Wildman–Crippen LogP) is 2.37. The van der Waals surface area contributed by atoms with Gasteiger partial charge in [-0.1, -0.05) is 13.8 Å². The van der Waals surface area contributed by atoms with Gasteiger partial charge in [-0.2, -0.15) is 0 Å². The minimum atomic E-state index is 0.350. The highest BCUT2D eigenvalue weighted by Crippen LogP contribution is 2.29. The third-order valence-corrected chi connectivity index (χ3v) is 2.45. The fourth-order valence-electron chi connectivity index (χ4n) is 1.85. The largest absolute Gasteiger partial charge is 0.490 e. The Morgan fingerprint density at radius 3 is 2.41 bits per heavy atom. The third-order valence-electron chi connectivity index (χ3n) is 2.45. The Labute approximate surface area is 103 Å². The second kappa shape index (κ2) is 6.27. The van der Waals surface area contributed by atoms with Gasteiger partial charge in [0.05, 0.1) is 7.11 Å². The molecule has 0 saturated carbocycles. The lowest BCUT2D eigenvalue weighted by atomic mass is 10.1. The van der Waals surface area contributed by atoms with Crippen molar-refractivity contribution in [3.63, 3.8) is 0 Å². The Balaban J connectivity index is 2.83. The number of nitrogens with zero attached hydrogens (tertiary/aromatic N) is 2. The van der Waals surface area contributed by atoms with Crippen molar-refractivity contribution in [1.29, 1.82) is 0 Å². The first-order valence-corrected chi connectivity index (χ1v) is 5.91. The van der Waals surface area contributed by atoms with Crippen molar-refractivity contribution in [2.24, 2.45) is 5.92 Å². The Kier molecular flexibility index (Phi) is 5.00. The fourth-order valence-corrected chi connectivity index (χ4v) is 1.85. The van der Waals surface area contributed by atoms with Gasteiger partial charge in [-0.05, 0) is 19.3 Å². The summed E-state index contributed by atoms with van der Waals surface area (Å²) in [6, 6.07) is 0.350. The predicted molar refractivity (Wildman–Crippen MR) is 70.7 cm³/mol. The molecule has 0 aromatic carbocycles. The van der Waals surface area contributed by atoms with Crippen LogP contribution in [0.25, 0.3) is 0 Å². The molecule has 1 unspecified atom stereocenters. The summed E-state index contributed by atoms with van der Waals surface area (Å²) in [7, 11) is 3.43. The summed E-state index contributed by atoms with van der Waals surface area (Å²) in [5.74, 6) is 2.74. The molecule has 0 aliphatic heterocycles. The molecule has 5 heteroatoms. The number of hydrogen-bond donors (Lipinski definition) is 2. The highest BCUT2D eigenvalue weighted by atomic mass is 16.5. The van der Waals surface area contributed by atoms with Gasteiger partial charge in [0.1, 0.15) is 6.33 Å². The molecule has 1 aromatic rings. The van der Waals surface area contributed by atoms with Crippen LogP contribution < -0.4 is 15.4 Å². The first-order valence-electron chi connectivity index (χ1n) is 5.91. The third kappa shape index (κ3) is 3.76. The minimum absolute atomic E-state index is 0.350. The smallest absolute Gasteiger partial charge is 0.204 e. The summed E-state index contributed by atoms with van der Waals surface area (Å²) in [6.07, 6.45) is 2.61. The lowest BCUT2D eigenvalue weighted by Crippen LogP contribution is -2.19. The van der Waals surface area contributed by atoms with Gasteiger partial charge in [0.25, 0.3) is 0 Å². The zero-order valence-electron chi connectivity index (χ0n) is 11.2. The maximum atomic E-state index is 5.32. The van der Waals surface area contributed by atoms with E-state index in [-0.39, 0.29) is 0 Å². The van der Waals surface area contributed by atoms with Gasteiger partial charge < -0.3 is 15.4 Å². The number of methoxy groups -OCH3 is 1. The first-order chi connectivity index (χ1) is 8.08. The number of anilines is 2. The quantitative estimate of drug-likeness (QED) is 0.796. The van der Waals surface area contributed by atoms with E-state index in [1.54, 1.807) is 7.11 Å². The van der Waals surface area contributed by atoms with Crippen molar-refractivity contribution in [2.45, 2.75) is 33.2 Å². The highest BCUT2D eigenvalue weighted by Gasteiger charge is 2.13. The molecule has 1 rings (SSSR count). The van der Waals surface area contributed by atoms with Crippen molar-refractivity contribution in [3.8, 4) is 5.75 Å². The second-order valence-corrected chi connectivity index (χ2v) is 4.53. The number of hydrogen-bond acceptors (Lipinski definition) is 5. The molecule has 5 nitrogen and oxygen atoms in total. The molecule has 1 atom stereocenters. The van der Waals surface area contributed by atoms with E-state index < -0.39 is 0 Å². The molecule has 0 aliphatic rings. The van der Waals surface area contributed by atoms with E-state index in [2.05, 4.69) is 41.4 Å². The maximum Gasteiger partial charge on any atom is 0.204 e. The number of nitrogens with one attached hydrogen (secondary N) is 2. The van der Waals surface area contributed by atoms with Crippen molar-refractivity contribution < 1.29 is 4.74 Å². The standard InChI is InChI=1S/C12H22N4O/c1-8(2)6-9(3)16-12-10(17-5)11(13-4)14-7-15-12/h7-9H,6H2,1-5H3,(H2,13,14,15,16). The molecule has 1 aromatic heterocycles. The van der Waals surface area contributed by atoms with Gasteiger partial charge in [0.2, 0.25) is 5.75 Å². The summed E-state index contributed by atoms with van der Waals surface area (Å²) in [6.45, 7) is 6.55. The summed E-state index contributed by atoms with van der Waals surface area (Å²) in [5.41, 5.74) is 0. The molecule has 0 fully saturated rings. The van der Waals surface area contributed by atoms with Crippen LogP contribution in [0.15, 0.2) is 6.33 Å². The van der Waals surface area contributed by atoms with Gasteiger partial charge in [0, 0.05) is 13.1 Å². The molecule has 0 spiro atoms. The van der Waals surface area contributed by atoms with Crippen LogP contribution in [0.2, 0.25) is 0 Å². The van der Waals surface area contributed by atoms with Crippen LogP contribution in [-0.4, -0.2) is 30.2 Å². The molecule has 96 valence electrons. The average molecular weight is 238 g/mol. The van der Waals surface area contributed by atoms with Crippen LogP contribution in [0.4, 0.5) is 11.6 Å². The van der Waals surface area contributed by atoms with E-state index in [0.29, 0.717) is 23.5 Å². The molecular weight excluding hydrogens is 216 g/mol. The molecule has 17 heavy (non-hydrogen) atoms. The normalized spacial score (nSPS) is 12.4. The zero-order valence-corrected chi connectivity index (χ0v) is 11.2. The van der Waals surface area contributed by atoms with Crippen molar-refractivity contribution in [2.75, 3.05) is 24.8 Å². The Hall–Kier alpha value is -1.52. The summed E-state index contributed by atoms with van der Waals surface area (Å²) in [4.78, 5) is 8.33. The first kappa shape index (κ1) is 13.5. The molecule has 0 radical (unpaired) electrons. The van der Waals surface area contributed by atoms with Gasteiger partial charge in [-0.15, -0.1) is 0 Å². The van der Waals surface area contributed by atoms with E-state index in [9.17, 15) is 0 Å². The highest BCUT2D eigenvalue weighted by molar-refractivity contribution is 5.63. The number of aromatic nitrogens is 2. The van der Waals surface area contributed by atoms with Gasteiger partial charge >= 0.3 is 0 Å². The average Bonchev–Trinajstić information content (AvgIpc) is 2.27. The molecule has 1 heterocycles. The summed E-state index contributed by atoms with van der Waals surface area (Å²) >= 11 is 0. The van der Waals surface area contributed by atoms with Gasteiger partial charge in [-0.25, -0.2) is 9.97 Å². The van der Waals surface area contributed by atoms with Crippen LogP contribution in [0, 0.1) is 5.92 Å². The molecule has 0 amide bonds. The zero-order chi connectivity index (χ0) is 12.8. The van der Waals surface area contributed by atoms with E-state index in [0.717, 1.165) is 12.2 Å². The van der Waals surface area contributed by atoms with Crippen LogP contribution in [0.1, 0.15) is 27.2 Å². The topological polar surface area (TPSA) is 59.1 Å². The summed E-state index contributed by atoms with van der Waals surface area (Å²) in [5, 5.41) is 6.34. The van der Waals surface area contributed by atoms with Crippen molar-refractivity contribution in [3.05, 3.63) is 6.33 Å². The van der Waals surface area contributed by atoms with Gasteiger partial charge in [-0.3, -0.25) is 0 Å². The Morgan fingerprint density at radius 1 is 1.24 bits per heavy atom. The fraction of sp³-hybridized carbons (Fsp3) is 0.667. The molecular formula is C12H22N4O. The van der Waals surface area contributed by atoms with Crippen LogP contribution in [0.3, 0.4) is 0 Å². The number of rotatable bonds is 6. The molecule has 2 N–H and O–H groups in total. The number of ether oxygens (including phenoxy) is 1. The SMILES string of the molecule is CNc1ncnc(NC(C)CC(C)C)c1OC. The van der Waals surface area contributed by atoms with E-state index in [1.165, 1.54) is 6.33 Å². The molecule has 0 bridgehead atoms. The lowest BCUT2D eigenvalue weighted by molar-refractivity contribution is 0.413. The summed E-state index contributed by atoms with van der Waals surface area (Å²) < 4.78 is 5.32. The van der Waals surface area contributed by atoms with Crippen molar-refractivity contribution >= 4 is 11.6 Å². The van der Waals surface area contributed by atoms with E-state index >= 15 is 0 Å². The Bertz CT molecular complexity index is 354. The van der Waals surface area contributed by atoms with Crippen molar-refractivity contribution in [1.82, 2.24) is 9.97 Å². The maximum absolute atomic E-state index is 5.32. The van der Waals surface area contributed by atoms with Crippen LogP contribution in [0.5, 0.6) is 5.75 Å². The lowest BCUT2D eigenvalue weighted by Gasteiger charge is -2.19. The monoisotopic (exact) mass is 238 g/mol. The second-order valence-electron chi connectivity index (χ2n) is 4.53. The van der Waals surface area contributed by atoms with Crippen LogP contribution >= 0.6 is 0 Å².